The summed E-state index contributed by atoms with van der Waals surface area (Å²) in [4.78, 5) is 0. The van der Waals surface area contributed by atoms with Crippen molar-refractivity contribution < 1.29 is 9.13 Å². The topological polar surface area (TPSA) is 35.2 Å². The van der Waals surface area contributed by atoms with Crippen LogP contribution in [0.5, 0.6) is 0 Å². The van der Waals surface area contributed by atoms with E-state index in [9.17, 15) is 4.39 Å². The fraction of sp³-hybridized carbons (Fsp3) is 0.500. The highest BCUT2D eigenvalue weighted by atomic mass is 79.9. The van der Waals surface area contributed by atoms with Crippen LogP contribution in [0.3, 0.4) is 0 Å². The summed E-state index contributed by atoms with van der Waals surface area (Å²) in [5.74, 6) is -0.241. The molecule has 4 heteroatoms. The second-order valence-electron chi connectivity index (χ2n) is 4.08. The summed E-state index contributed by atoms with van der Waals surface area (Å²) in [6.45, 7) is 4.41. The monoisotopic (exact) mass is 289 g/mol. The van der Waals surface area contributed by atoms with E-state index in [1.807, 2.05) is 13.8 Å². The molecule has 1 atom stereocenters. The molecule has 0 heterocycles. The Morgan fingerprint density at radius 3 is 2.75 bits per heavy atom. The second-order valence-corrected chi connectivity index (χ2v) is 4.94. The minimum Gasteiger partial charge on any atom is -0.377 e. The number of nitrogens with two attached hydrogens (primary N) is 1. The van der Waals surface area contributed by atoms with Gasteiger partial charge in [0, 0.05) is 10.5 Å². The molecule has 1 aromatic carbocycles. The molecule has 0 aliphatic heterocycles. The third kappa shape index (κ3) is 4.60. The largest absolute Gasteiger partial charge is 0.377 e. The van der Waals surface area contributed by atoms with E-state index in [1.165, 1.54) is 12.1 Å². The highest BCUT2D eigenvalue weighted by molar-refractivity contribution is 9.10. The van der Waals surface area contributed by atoms with Crippen LogP contribution < -0.4 is 5.73 Å². The zero-order valence-corrected chi connectivity index (χ0v) is 11.1. The van der Waals surface area contributed by atoms with Crippen molar-refractivity contribution in [1.82, 2.24) is 0 Å². The van der Waals surface area contributed by atoms with Gasteiger partial charge in [-0.2, -0.15) is 0 Å². The molecule has 0 aliphatic carbocycles. The van der Waals surface area contributed by atoms with Gasteiger partial charge in [-0.05, 0) is 44.0 Å². The molecule has 0 fully saturated rings. The Morgan fingerprint density at radius 1 is 1.44 bits per heavy atom. The molecule has 1 aromatic rings. The van der Waals surface area contributed by atoms with E-state index in [-0.39, 0.29) is 18.0 Å². The molecule has 0 aromatic heterocycles. The zero-order valence-electron chi connectivity index (χ0n) is 9.54. The maximum Gasteiger partial charge on any atom is 0.123 e. The van der Waals surface area contributed by atoms with Gasteiger partial charge in [0.05, 0.1) is 12.7 Å². The fourth-order valence-electron chi connectivity index (χ4n) is 1.36. The Hall–Kier alpha value is -0.450. The summed E-state index contributed by atoms with van der Waals surface area (Å²) in [5.41, 5.74) is 6.78. The lowest BCUT2D eigenvalue weighted by atomic mass is 10.1. The number of rotatable bonds is 5. The summed E-state index contributed by atoms with van der Waals surface area (Å²) >= 11 is 3.38. The van der Waals surface area contributed by atoms with Crippen LogP contribution in [0.4, 0.5) is 4.39 Å². The summed E-state index contributed by atoms with van der Waals surface area (Å²) in [7, 11) is 0. The first-order valence-corrected chi connectivity index (χ1v) is 6.09. The minimum absolute atomic E-state index is 0.111. The number of hydrogen-bond acceptors (Lipinski definition) is 2. The van der Waals surface area contributed by atoms with Crippen LogP contribution in [0.2, 0.25) is 0 Å². The molecule has 0 bridgehead atoms. The van der Waals surface area contributed by atoms with Crippen LogP contribution in [0, 0.1) is 5.82 Å². The van der Waals surface area contributed by atoms with Crippen molar-refractivity contribution >= 4 is 15.9 Å². The summed E-state index contributed by atoms with van der Waals surface area (Å²) in [6.07, 6.45) is 0.771. The normalized spacial score (nSPS) is 13.1. The molecule has 1 rings (SSSR count). The van der Waals surface area contributed by atoms with E-state index < -0.39 is 0 Å². The Labute approximate surface area is 104 Å². The van der Waals surface area contributed by atoms with E-state index in [0.29, 0.717) is 13.0 Å². The molecule has 2 N–H and O–H groups in total. The Morgan fingerprint density at radius 2 is 2.12 bits per heavy atom. The molecule has 1 unspecified atom stereocenters. The fourth-order valence-corrected chi connectivity index (χ4v) is 1.77. The molecule has 0 saturated carbocycles. The van der Waals surface area contributed by atoms with E-state index in [0.717, 1.165) is 10.0 Å². The number of hydrogen-bond donors (Lipinski definition) is 1. The first-order valence-electron chi connectivity index (χ1n) is 5.30. The Balaban J connectivity index is 2.55. The lowest BCUT2D eigenvalue weighted by molar-refractivity contribution is 0.0684. The van der Waals surface area contributed by atoms with Gasteiger partial charge >= 0.3 is 0 Å². The van der Waals surface area contributed by atoms with Gasteiger partial charge in [0.25, 0.3) is 0 Å². The molecule has 0 amide bonds. The predicted octanol–water partition coefficient (Wildman–Crippen LogP) is 2.88. The highest BCUT2D eigenvalue weighted by Gasteiger charge is 2.09. The second kappa shape index (κ2) is 6.33. The Bertz CT molecular complexity index is 344. The van der Waals surface area contributed by atoms with E-state index >= 15 is 0 Å². The predicted molar refractivity (Wildman–Crippen MR) is 66.9 cm³/mol. The first-order chi connectivity index (χ1) is 7.49. The molecule has 90 valence electrons. The molecule has 0 saturated heterocycles. The van der Waals surface area contributed by atoms with Gasteiger partial charge in [-0.1, -0.05) is 15.9 Å². The van der Waals surface area contributed by atoms with Gasteiger partial charge < -0.3 is 10.5 Å². The van der Waals surface area contributed by atoms with Crippen molar-refractivity contribution in [3.8, 4) is 0 Å². The molecular formula is C12H17BrFNO. The smallest absolute Gasteiger partial charge is 0.123 e. The number of halogens is 2. The SMILES string of the molecule is CC(C)OCC(N)Cc1cc(F)ccc1Br. The van der Waals surface area contributed by atoms with Gasteiger partial charge in [0.15, 0.2) is 0 Å². The summed E-state index contributed by atoms with van der Waals surface area (Å²) in [6, 6.07) is 4.50. The maximum absolute atomic E-state index is 13.0. The van der Waals surface area contributed by atoms with Crippen molar-refractivity contribution in [1.29, 1.82) is 0 Å². The maximum atomic E-state index is 13.0. The molecule has 2 nitrogen and oxygen atoms in total. The van der Waals surface area contributed by atoms with Gasteiger partial charge in [-0.15, -0.1) is 0 Å². The van der Waals surface area contributed by atoms with Crippen molar-refractivity contribution in [2.24, 2.45) is 5.73 Å². The average molecular weight is 290 g/mol. The minimum atomic E-state index is -0.241. The van der Waals surface area contributed by atoms with Crippen LogP contribution in [-0.4, -0.2) is 18.8 Å². The number of ether oxygens (including phenoxy) is 1. The molecule has 0 radical (unpaired) electrons. The van der Waals surface area contributed by atoms with Gasteiger partial charge in [0.2, 0.25) is 0 Å². The van der Waals surface area contributed by atoms with Crippen LogP contribution in [0.15, 0.2) is 22.7 Å². The molecule has 0 spiro atoms. The van der Waals surface area contributed by atoms with Crippen LogP contribution in [-0.2, 0) is 11.2 Å². The third-order valence-electron chi connectivity index (χ3n) is 2.13. The van der Waals surface area contributed by atoms with E-state index in [2.05, 4.69) is 15.9 Å². The molecular weight excluding hydrogens is 273 g/mol. The van der Waals surface area contributed by atoms with Crippen molar-refractivity contribution in [3.05, 3.63) is 34.1 Å². The van der Waals surface area contributed by atoms with Crippen molar-refractivity contribution in [2.45, 2.75) is 32.4 Å². The van der Waals surface area contributed by atoms with E-state index in [4.69, 9.17) is 10.5 Å². The Kier molecular flexibility index (Phi) is 5.38. The van der Waals surface area contributed by atoms with Gasteiger partial charge in [-0.3, -0.25) is 0 Å². The van der Waals surface area contributed by atoms with E-state index in [1.54, 1.807) is 6.07 Å². The number of benzene rings is 1. The third-order valence-corrected chi connectivity index (χ3v) is 2.91. The van der Waals surface area contributed by atoms with Crippen LogP contribution in [0.1, 0.15) is 19.4 Å². The first kappa shape index (κ1) is 13.6. The van der Waals surface area contributed by atoms with Gasteiger partial charge in [0.1, 0.15) is 5.82 Å². The summed E-state index contributed by atoms with van der Waals surface area (Å²) in [5, 5.41) is 0. The van der Waals surface area contributed by atoms with Crippen molar-refractivity contribution in [2.75, 3.05) is 6.61 Å². The van der Waals surface area contributed by atoms with Crippen LogP contribution >= 0.6 is 15.9 Å². The zero-order chi connectivity index (χ0) is 12.1. The molecule has 16 heavy (non-hydrogen) atoms. The van der Waals surface area contributed by atoms with Crippen LogP contribution in [0.25, 0.3) is 0 Å². The van der Waals surface area contributed by atoms with Crippen molar-refractivity contribution in [3.63, 3.8) is 0 Å². The average Bonchev–Trinajstić information content (AvgIpc) is 2.20. The summed E-state index contributed by atoms with van der Waals surface area (Å²) < 4.78 is 19.3. The standard InChI is InChI=1S/C12H17BrFNO/c1-8(2)16-7-11(15)6-9-5-10(14)3-4-12(9)13/h3-5,8,11H,6-7,15H2,1-2H3. The van der Waals surface area contributed by atoms with Gasteiger partial charge in [-0.25, -0.2) is 4.39 Å². The quantitative estimate of drug-likeness (QED) is 0.905. The highest BCUT2D eigenvalue weighted by Crippen LogP contribution is 2.19. The lowest BCUT2D eigenvalue weighted by Crippen LogP contribution is -2.30. The molecule has 0 aliphatic rings. The lowest BCUT2D eigenvalue weighted by Gasteiger charge is -2.15.